The fraction of sp³-hybridized carbons (Fsp3) is 0.533. The predicted molar refractivity (Wildman–Crippen MR) is 79.2 cm³/mol. The van der Waals surface area contributed by atoms with Gasteiger partial charge in [-0.3, -0.25) is 4.90 Å². The first kappa shape index (κ1) is 14.7. The van der Waals surface area contributed by atoms with Crippen LogP contribution in [0.25, 0.3) is 0 Å². The van der Waals surface area contributed by atoms with E-state index >= 15 is 0 Å². The van der Waals surface area contributed by atoms with Crippen LogP contribution in [-0.2, 0) is 6.54 Å². The van der Waals surface area contributed by atoms with Crippen molar-refractivity contribution in [2.24, 2.45) is 10.9 Å². The van der Waals surface area contributed by atoms with Crippen LogP contribution in [0.15, 0.2) is 23.4 Å². The molecule has 5 heteroatoms. The number of ether oxygens (including phenoxy) is 1. The Labute approximate surface area is 120 Å². The molecule has 0 aliphatic carbocycles. The third-order valence-electron chi connectivity index (χ3n) is 4.03. The van der Waals surface area contributed by atoms with Crippen LogP contribution in [0.4, 0.5) is 0 Å². The minimum Gasteiger partial charge on any atom is -0.496 e. The van der Waals surface area contributed by atoms with Crippen LogP contribution in [0.3, 0.4) is 0 Å². The predicted octanol–water partition coefficient (Wildman–Crippen LogP) is 2.16. The summed E-state index contributed by atoms with van der Waals surface area (Å²) in [6.45, 7) is 4.19. The highest BCUT2D eigenvalue weighted by molar-refractivity contribution is 5.97. The highest BCUT2D eigenvalue weighted by Gasteiger charge is 2.23. The Morgan fingerprint density at radius 3 is 3.00 bits per heavy atom. The smallest absolute Gasteiger partial charge is 0.170 e. The van der Waals surface area contributed by atoms with Gasteiger partial charge < -0.3 is 15.7 Å². The van der Waals surface area contributed by atoms with E-state index in [1.165, 1.54) is 19.3 Å². The number of rotatable bonds is 5. The van der Waals surface area contributed by atoms with Gasteiger partial charge in [0.05, 0.1) is 7.11 Å². The molecule has 1 aromatic carbocycles. The van der Waals surface area contributed by atoms with Crippen molar-refractivity contribution >= 4 is 5.84 Å². The van der Waals surface area contributed by atoms with E-state index in [0.717, 1.165) is 30.0 Å². The number of hydrogen-bond donors (Lipinski definition) is 2. The summed E-state index contributed by atoms with van der Waals surface area (Å²) in [6, 6.07) is 6.27. The van der Waals surface area contributed by atoms with E-state index in [4.69, 9.17) is 15.7 Å². The van der Waals surface area contributed by atoms with Crippen molar-refractivity contribution in [1.29, 1.82) is 0 Å². The molecule has 2 rings (SSSR count). The Kier molecular flexibility index (Phi) is 4.84. The van der Waals surface area contributed by atoms with Gasteiger partial charge in [0, 0.05) is 23.7 Å². The van der Waals surface area contributed by atoms with Gasteiger partial charge in [-0.25, -0.2) is 0 Å². The normalized spacial score (nSPS) is 20.3. The fourth-order valence-corrected chi connectivity index (χ4v) is 2.90. The van der Waals surface area contributed by atoms with Gasteiger partial charge in [0.25, 0.3) is 0 Å². The summed E-state index contributed by atoms with van der Waals surface area (Å²) in [5.41, 5.74) is 7.46. The standard InChI is InChI=1S/C15H23N3O2/c1-3-13-5-4-8-18(13)10-12-9-11(15(16)17-19)6-7-14(12)20-2/h6-7,9,13,19H,3-5,8,10H2,1-2H3,(H2,16,17). The molecular formula is C15H23N3O2. The van der Waals surface area contributed by atoms with Gasteiger partial charge in [-0.1, -0.05) is 12.1 Å². The van der Waals surface area contributed by atoms with Crippen LogP contribution < -0.4 is 10.5 Å². The number of methoxy groups -OCH3 is 1. The lowest BCUT2D eigenvalue weighted by Crippen LogP contribution is -2.28. The number of amidine groups is 1. The molecule has 1 aliphatic rings. The monoisotopic (exact) mass is 277 g/mol. The number of nitrogens with zero attached hydrogens (tertiary/aromatic N) is 2. The number of benzene rings is 1. The summed E-state index contributed by atoms with van der Waals surface area (Å²) < 4.78 is 5.42. The highest BCUT2D eigenvalue weighted by Crippen LogP contribution is 2.27. The zero-order valence-corrected chi connectivity index (χ0v) is 12.2. The second-order valence-corrected chi connectivity index (χ2v) is 5.19. The molecule has 1 heterocycles. The molecule has 0 saturated carbocycles. The molecule has 1 aromatic rings. The van der Waals surface area contributed by atoms with E-state index in [-0.39, 0.29) is 5.84 Å². The van der Waals surface area contributed by atoms with E-state index in [2.05, 4.69) is 17.0 Å². The summed E-state index contributed by atoms with van der Waals surface area (Å²) in [5.74, 6) is 0.976. The lowest BCUT2D eigenvalue weighted by molar-refractivity contribution is 0.236. The van der Waals surface area contributed by atoms with E-state index in [1.807, 2.05) is 12.1 Å². The Balaban J connectivity index is 2.24. The van der Waals surface area contributed by atoms with Gasteiger partial charge in [0.1, 0.15) is 5.75 Å². The maximum Gasteiger partial charge on any atom is 0.170 e. The zero-order chi connectivity index (χ0) is 14.5. The van der Waals surface area contributed by atoms with Crippen molar-refractivity contribution in [2.75, 3.05) is 13.7 Å². The van der Waals surface area contributed by atoms with Gasteiger partial charge in [-0.15, -0.1) is 0 Å². The number of hydrogen-bond acceptors (Lipinski definition) is 4. The Bertz CT molecular complexity index is 488. The molecular weight excluding hydrogens is 254 g/mol. The molecule has 3 N–H and O–H groups in total. The maximum atomic E-state index is 8.79. The minimum atomic E-state index is 0.127. The van der Waals surface area contributed by atoms with Crippen LogP contribution in [0, 0.1) is 0 Å². The van der Waals surface area contributed by atoms with Gasteiger partial charge in [-0.05, 0) is 44.0 Å². The van der Waals surface area contributed by atoms with Crippen molar-refractivity contribution in [3.8, 4) is 5.75 Å². The van der Waals surface area contributed by atoms with Crippen molar-refractivity contribution in [3.05, 3.63) is 29.3 Å². The van der Waals surface area contributed by atoms with Crippen molar-refractivity contribution in [3.63, 3.8) is 0 Å². The third-order valence-corrected chi connectivity index (χ3v) is 4.03. The number of nitrogens with two attached hydrogens (primary N) is 1. The summed E-state index contributed by atoms with van der Waals surface area (Å²) >= 11 is 0. The number of likely N-dealkylation sites (tertiary alicyclic amines) is 1. The molecule has 1 fully saturated rings. The Morgan fingerprint density at radius 2 is 2.35 bits per heavy atom. The van der Waals surface area contributed by atoms with E-state index in [1.54, 1.807) is 13.2 Å². The average molecular weight is 277 g/mol. The zero-order valence-electron chi connectivity index (χ0n) is 12.2. The second kappa shape index (κ2) is 6.61. The largest absolute Gasteiger partial charge is 0.496 e. The lowest BCUT2D eigenvalue weighted by atomic mass is 10.1. The molecule has 1 aliphatic heterocycles. The van der Waals surface area contributed by atoms with Crippen LogP contribution in [-0.4, -0.2) is 35.6 Å². The summed E-state index contributed by atoms with van der Waals surface area (Å²) in [4.78, 5) is 2.48. The molecule has 1 atom stereocenters. The average Bonchev–Trinajstić information content (AvgIpc) is 2.93. The first-order valence-corrected chi connectivity index (χ1v) is 7.08. The van der Waals surface area contributed by atoms with Crippen LogP contribution in [0.2, 0.25) is 0 Å². The van der Waals surface area contributed by atoms with E-state index in [9.17, 15) is 0 Å². The van der Waals surface area contributed by atoms with Gasteiger partial charge in [0.2, 0.25) is 0 Å². The van der Waals surface area contributed by atoms with E-state index < -0.39 is 0 Å². The first-order valence-electron chi connectivity index (χ1n) is 7.08. The summed E-state index contributed by atoms with van der Waals surface area (Å²) in [6.07, 6.45) is 3.68. The van der Waals surface area contributed by atoms with Crippen molar-refractivity contribution in [2.45, 2.75) is 38.8 Å². The Hall–Kier alpha value is -1.75. The molecule has 0 bridgehead atoms. The second-order valence-electron chi connectivity index (χ2n) is 5.19. The third kappa shape index (κ3) is 3.04. The first-order chi connectivity index (χ1) is 9.69. The maximum absolute atomic E-state index is 8.79. The fourth-order valence-electron chi connectivity index (χ4n) is 2.90. The highest BCUT2D eigenvalue weighted by atomic mass is 16.5. The summed E-state index contributed by atoms with van der Waals surface area (Å²) in [7, 11) is 1.67. The van der Waals surface area contributed by atoms with Crippen LogP contribution in [0.1, 0.15) is 37.3 Å². The summed E-state index contributed by atoms with van der Waals surface area (Å²) in [5, 5.41) is 11.8. The SMILES string of the molecule is CCC1CCCN1Cc1cc(/C(N)=N/O)ccc1OC. The molecule has 5 nitrogen and oxygen atoms in total. The molecule has 0 spiro atoms. The number of oxime groups is 1. The van der Waals surface area contributed by atoms with Gasteiger partial charge in [0.15, 0.2) is 5.84 Å². The lowest BCUT2D eigenvalue weighted by Gasteiger charge is -2.24. The molecule has 1 saturated heterocycles. The molecule has 20 heavy (non-hydrogen) atoms. The molecule has 1 unspecified atom stereocenters. The van der Waals surface area contributed by atoms with Crippen LogP contribution in [0.5, 0.6) is 5.75 Å². The minimum absolute atomic E-state index is 0.127. The van der Waals surface area contributed by atoms with E-state index in [0.29, 0.717) is 6.04 Å². The molecule has 110 valence electrons. The topological polar surface area (TPSA) is 71.1 Å². The molecule has 0 amide bonds. The molecule has 0 aromatic heterocycles. The quantitative estimate of drug-likeness (QED) is 0.374. The van der Waals surface area contributed by atoms with Crippen LogP contribution >= 0.6 is 0 Å². The van der Waals surface area contributed by atoms with Crippen molar-refractivity contribution in [1.82, 2.24) is 4.90 Å². The van der Waals surface area contributed by atoms with Crippen molar-refractivity contribution < 1.29 is 9.94 Å². The Morgan fingerprint density at radius 1 is 1.55 bits per heavy atom. The molecule has 0 radical (unpaired) electrons. The van der Waals surface area contributed by atoms with Gasteiger partial charge >= 0.3 is 0 Å². The van der Waals surface area contributed by atoms with Gasteiger partial charge in [-0.2, -0.15) is 0 Å².